The van der Waals surface area contributed by atoms with E-state index in [9.17, 15) is 23.3 Å². The van der Waals surface area contributed by atoms with Crippen molar-refractivity contribution in [2.24, 2.45) is 11.3 Å². The van der Waals surface area contributed by atoms with Gasteiger partial charge >= 0.3 is 0 Å². The number of piperazine rings is 1. The molecule has 0 radical (unpaired) electrons. The van der Waals surface area contributed by atoms with Gasteiger partial charge < -0.3 is 19.4 Å². The van der Waals surface area contributed by atoms with Gasteiger partial charge in [0, 0.05) is 84.2 Å². The molecular weight excluding hydrogens is 888 g/mol. The Bertz CT molecular complexity index is 2950. The smallest absolute Gasteiger partial charge is 0.277 e. The molecule has 1 saturated heterocycles. The van der Waals surface area contributed by atoms with Gasteiger partial charge in [-0.25, -0.2) is 18.1 Å². The number of pyridine rings is 1. The van der Waals surface area contributed by atoms with Crippen LogP contribution in [0.4, 0.5) is 11.4 Å². The number of halogens is 2. The molecule has 16 heteroatoms. The number of anilines is 1. The maximum Gasteiger partial charge on any atom is 0.277 e. The van der Waals surface area contributed by atoms with Crippen molar-refractivity contribution in [3.63, 3.8) is 0 Å². The minimum Gasteiger partial charge on any atom is -0.493 e. The number of sulfonamides is 1. The highest BCUT2D eigenvalue weighted by atomic mass is 35.5. The fourth-order valence-electron chi connectivity index (χ4n) is 9.14. The monoisotopic (exact) mass is 934 g/mol. The van der Waals surface area contributed by atoms with Crippen molar-refractivity contribution >= 4 is 67.1 Å². The molecule has 13 nitrogen and oxygen atoms in total. The predicted octanol–water partition coefficient (Wildman–Crippen LogP) is 10.3. The lowest BCUT2D eigenvalue weighted by Gasteiger charge is -2.39. The van der Waals surface area contributed by atoms with E-state index in [1.54, 1.807) is 30.5 Å². The lowest BCUT2D eigenvalue weighted by molar-refractivity contribution is -0.386. The minimum absolute atomic E-state index is 0.0573. The van der Waals surface area contributed by atoms with Gasteiger partial charge in [-0.05, 0) is 96.7 Å². The van der Waals surface area contributed by atoms with Crippen molar-refractivity contribution < 1.29 is 27.6 Å². The van der Waals surface area contributed by atoms with Gasteiger partial charge in [0.25, 0.3) is 21.6 Å². The molecule has 0 saturated carbocycles. The number of nitrogens with one attached hydrogen (secondary N) is 2. The molecule has 4 aromatic carbocycles. The number of benzene rings is 4. The second-order valence-electron chi connectivity index (χ2n) is 17.8. The third-order valence-corrected chi connectivity index (χ3v) is 14.6. The van der Waals surface area contributed by atoms with E-state index in [0.29, 0.717) is 35.9 Å². The van der Waals surface area contributed by atoms with Crippen LogP contribution in [-0.2, 0) is 22.9 Å². The highest BCUT2D eigenvalue weighted by molar-refractivity contribution is 7.90. The van der Waals surface area contributed by atoms with Gasteiger partial charge in [-0.15, -0.1) is 0 Å². The number of fused-ring (bicyclic) bond motifs is 2. The minimum atomic E-state index is -4.65. The van der Waals surface area contributed by atoms with E-state index in [1.165, 1.54) is 35.0 Å². The maximum absolute atomic E-state index is 14.1. The van der Waals surface area contributed by atoms with Crippen LogP contribution in [0.3, 0.4) is 0 Å². The Balaban J connectivity index is 0.945. The van der Waals surface area contributed by atoms with Crippen LogP contribution in [0.1, 0.15) is 60.2 Å². The number of rotatable bonds is 12. The van der Waals surface area contributed by atoms with E-state index in [-0.39, 0.29) is 47.0 Å². The van der Waals surface area contributed by atoms with Crippen molar-refractivity contribution in [2.75, 3.05) is 44.2 Å². The van der Waals surface area contributed by atoms with E-state index in [2.05, 4.69) is 50.5 Å². The second-order valence-corrected chi connectivity index (χ2v) is 20.4. The summed E-state index contributed by atoms with van der Waals surface area (Å²) in [6, 6.07) is 26.4. The Morgan fingerprint density at radius 1 is 1.02 bits per heavy atom. The molecule has 0 bridgehead atoms. The first-order valence-corrected chi connectivity index (χ1v) is 23.9. The molecule has 1 atom stereocenters. The molecule has 65 heavy (non-hydrogen) atoms. The van der Waals surface area contributed by atoms with Crippen molar-refractivity contribution in [2.45, 2.75) is 50.8 Å². The second kappa shape index (κ2) is 18.2. The number of aromatic amines is 1. The van der Waals surface area contributed by atoms with Gasteiger partial charge in [-0.3, -0.25) is 19.8 Å². The average molecular weight is 936 g/mol. The van der Waals surface area contributed by atoms with Crippen LogP contribution in [-0.4, -0.2) is 73.4 Å². The number of carbonyl (C=O) groups excluding carboxylic acids is 1. The van der Waals surface area contributed by atoms with Gasteiger partial charge in [-0.2, -0.15) is 0 Å². The van der Waals surface area contributed by atoms with E-state index in [1.807, 2.05) is 36.4 Å². The summed E-state index contributed by atoms with van der Waals surface area (Å²) in [6.07, 6.45) is 7.25. The Hall–Kier alpha value is -5.93. The van der Waals surface area contributed by atoms with E-state index in [4.69, 9.17) is 32.7 Å². The maximum atomic E-state index is 14.1. The van der Waals surface area contributed by atoms with Crippen LogP contribution < -0.4 is 19.1 Å². The molecular formula is C49H48Cl2N6O7S. The normalized spacial score (nSPS) is 17.7. The predicted molar refractivity (Wildman–Crippen MR) is 253 cm³/mol. The van der Waals surface area contributed by atoms with Gasteiger partial charge in [0.05, 0.1) is 33.7 Å². The summed E-state index contributed by atoms with van der Waals surface area (Å²) in [4.78, 5) is 37.5. The SMILES string of the molecule is CC1(C)CCC(CN2CCN(c3ccc(C(=O)NS(=O)(=O)c4cc5c(c([N+](=O)[O-])c4)C[C@H](Cc4ccccc4Cl)CO5)c(Oc4cnc5[nH]ccc5c4)c3)CC2)=C(c2ccc(Cl)cc2)C1. The number of hydrogen-bond acceptors (Lipinski definition) is 10. The molecule has 2 N–H and O–H groups in total. The first kappa shape index (κ1) is 44.3. The van der Waals surface area contributed by atoms with Crippen LogP contribution in [0.15, 0.2) is 114 Å². The fourth-order valence-corrected chi connectivity index (χ4v) is 10.5. The molecule has 2 aliphatic heterocycles. The summed E-state index contributed by atoms with van der Waals surface area (Å²) in [5.74, 6) is -0.589. The first-order chi connectivity index (χ1) is 31.2. The van der Waals surface area contributed by atoms with E-state index < -0.39 is 31.4 Å². The lowest BCUT2D eigenvalue weighted by Crippen LogP contribution is -2.47. The number of hydrogen-bond donors (Lipinski definition) is 2. The average Bonchev–Trinajstić information content (AvgIpc) is 3.76. The van der Waals surface area contributed by atoms with Gasteiger partial charge in [0.2, 0.25) is 0 Å². The highest BCUT2D eigenvalue weighted by Gasteiger charge is 2.33. The molecule has 336 valence electrons. The Kier molecular flexibility index (Phi) is 12.4. The van der Waals surface area contributed by atoms with Crippen molar-refractivity contribution in [3.05, 3.63) is 151 Å². The number of amides is 1. The van der Waals surface area contributed by atoms with Crippen molar-refractivity contribution in [1.82, 2.24) is 19.6 Å². The molecule has 1 amide bonds. The Labute approximate surface area is 387 Å². The summed E-state index contributed by atoms with van der Waals surface area (Å²) in [5, 5.41) is 14.5. The van der Waals surface area contributed by atoms with Gasteiger partial charge in [0.1, 0.15) is 22.9 Å². The summed E-state index contributed by atoms with van der Waals surface area (Å²) in [7, 11) is -4.65. The number of nitro benzene ring substituents is 1. The molecule has 0 unspecified atom stereocenters. The number of nitro groups is 1. The van der Waals surface area contributed by atoms with Crippen LogP contribution in [0.5, 0.6) is 17.2 Å². The summed E-state index contributed by atoms with van der Waals surface area (Å²) >= 11 is 12.6. The third-order valence-electron chi connectivity index (χ3n) is 12.7. The summed E-state index contributed by atoms with van der Waals surface area (Å²) in [6.45, 7) is 8.78. The van der Waals surface area contributed by atoms with Crippen molar-refractivity contribution in [1.29, 1.82) is 0 Å². The lowest BCUT2D eigenvalue weighted by atomic mass is 9.72. The number of H-pyrrole nitrogens is 1. The fraction of sp³-hybridized carbons (Fsp3) is 0.306. The Morgan fingerprint density at radius 2 is 1.80 bits per heavy atom. The number of nitrogens with zero attached hydrogens (tertiary/aromatic N) is 4. The zero-order valence-corrected chi connectivity index (χ0v) is 38.3. The summed E-state index contributed by atoms with van der Waals surface area (Å²) < 4.78 is 42.3. The highest BCUT2D eigenvalue weighted by Crippen LogP contribution is 2.44. The standard InChI is InChI=1S/C49H48Cl2N6O7S/c1-49(2)15-13-35(42(27-49)32-7-9-36(50)10-8-32)29-55-17-19-56(20-18-55)37-11-12-40(46(24-37)64-38-23-34-14-16-52-47(34)53-28-38)48(58)54-65(61,62)39-25-44(57(59)60)41-22-31(30-63-45(41)26-39)21-33-5-3-4-6-43(33)51/h3-12,14,16,23-26,28,31H,13,15,17-22,27,29-30H2,1-2H3,(H,52,53)(H,54,58)/t31-/m0/s1. The largest absolute Gasteiger partial charge is 0.493 e. The number of ether oxygens (including phenoxy) is 2. The summed E-state index contributed by atoms with van der Waals surface area (Å²) in [5.41, 5.74) is 6.45. The topological polar surface area (TPSA) is 160 Å². The van der Waals surface area contributed by atoms with Crippen LogP contribution in [0.2, 0.25) is 10.0 Å². The third kappa shape index (κ3) is 9.86. The Morgan fingerprint density at radius 3 is 2.57 bits per heavy atom. The number of aromatic nitrogens is 2. The van der Waals surface area contributed by atoms with Gasteiger partial charge in [0.15, 0.2) is 0 Å². The van der Waals surface area contributed by atoms with E-state index >= 15 is 0 Å². The molecule has 2 aromatic heterocycles. The quantitative estimate of drug-likeness (QED) is 0.0893. The van der Waals surface area contributed by atoms with Crippen molar-refractivity contribution in [3.8, 4) is 17.2 Å². The molecule has 1 fully saturated rings. The molecule has 6 aromatic rings. The van der Waals surface area contributed by atoms with Crippen LogP contribution >= 0.6 is 23.2 Å². The van der Waals surface area contributed by atoms with Crippen LogP contribution in [0, 0.1) is 21.4 Å². The zero-order chi connectivity index (χ0) is 45.5. The first-order valence-electron chi connectivity index (χ1n) is 21.6. The molecule has 1 aliphatic carbocycles. The molecule has 4 heterocycles. The molecule has 0 spiro atoms. The number of carbonyl (C=O) groups is 1. The number of allylic oxidation sites excluding steroid dienone is 1. The van der Waals surface area contributed by atoms with Gasteiger partial charge in [-0.1, -0.05) is 73.0 Å². The van der Waals surface area contributed by atoms with E-state index in [0.717, 1.165) is 66.6 Å². The molecule has 9 rings (SSSR count). The zero-order valence-electron chi connectivity index (χ0n) is 36.0. The molecule has 3 aliphatic rings. The van der Waals surface area contributed by atoms with Crippen LogP contribution in [0.25, 0.3) is 16.6 Å².